The van der Waals surface area contributed by atoms with Crippen molar-refractivity contribution in [2.24, 2.45) is 0 Å². The molecule has 0 aromatic heterocycles. The summed E-state index contributed by atoms with van der Waals surface area (Å²) < 4.78 is 5.80. The first-order valence-electron chi connectivity index (χ1n) is 6.45. The fourth-order valence-corrected chi connectivity index (χ4v) is 2.00. The van der Waals surface area contributed by atoms with Crippen molar-refractivity contribution in [1.29, 1.82) is 0 Å². The molecule has 0 radical (unpaired) electrons. The normalized spacial score (nSPS) is 10.3. The summed E-state index contributed by atoms with van der Waals surface area (Å²) in [6, 6.07) is 5.79. The largest absolute Gasteiger partial charge is 0.493 e. The van der Waals surface area contributed by atoms with Crippen LogP contribution in [0.3, 0.4) is 0 Å². The van der Waals surface area contributed by atoms with Gasteiger partial charge in [-0.15, -0.1) is 6.58 Å². The van der Waals surface area contributed by atoms with Crippen molar-refractivity contribution in [3.05, 3.63) is 41.4 Å². The zero-order valence-corrected chi connectivity index (χ0v) is 11.8. The molecule has 1 aromatic rings. The van der Waals surface area contributed by atoms with Gasteiger partial charge in [-0.25, -0.2) is 0 Å². The predicted molar refractivity (Wildman–Crippen MR) is 78.4 cm³/mol. The molecule has 1 rings (SSSR count). The molecule has 1 N–H and O–H groups in total. The number of rotatable bonds is 9. The van der Waals surface area contributed by atoms with Crippen LogP contribution in [-0.2, 0) is 6.54 Å². The van der Waals surface area contributed by atoms with E-state index in [-0.39, 0.29) is 0 Å². The average molecular weight is 268 g/mol. The Morgan fingerprint density at radius 3 is 2.89 bits per heavy atom. The zero-order valence-electron chi connectivity index (χ0n) is 11.0. The molecule has 2 nitrogen and oxygen atoms in total. The molecule has 0 atom stereocenters. The first-order valence-corrected chi connectivity index (χ1v) is 6.83. The van der Waals surface area contributed by atoms with Gasteiger partial charge in [0.2, 0.25) is 0 Å². The molecule has 3 heteroatoms. The second-order valence-electron chi connectivity index (χ2n) is 4.23. The monoisotopic (exact) mass is 267 g/mol. The van der Waals surface area contributed by atoms with Crippen LogP contribution in [0, 0.1) is 0 Å². The number of ether oxygens (including phenoxy) is 1. The van der Waals surface area contributed by atoms with Crippen LogP contribution in [-0.4, -0.2) is 13.7 Å². The van der Waals surface area contributed by atoms with Crippen LogP contribution in [0.5, 0.6) is 5.75 Å². The van der Waals surface area contributed by atoms with E-state index in [1.807, 2.05) is 31.3 Å². The summed E-state index contributed by atoms with van der Waals surface area (Å²) in [6.45, 7) is 5.19. The van der Waals surface area contributed by atoms with Gasteiger partial charge in [0, 0.05) is 17.1 Å². The minimum Gasteiger partial charge on any atom is -0.493 e. The van der Waals surface area contributed by atoms with Crippen LogP contribution >= 0.6 is 11.6 Å². The van der Waals surface area contributed by atoms with E-state index in [9.17, 15) is 0 Å². The Balaban J connectivity index is 2.41. The Labute approximate surface area is 115 Å². The minimum atomic E-state index is 0.728. The van der Waals surface area contributed by atoms with Crippen molar-refractivity contribution in [2.45, 2.75) is 32.2 Å². The molecule has 0 spiro atoms. The maximum atomic E-state index is 6.16. The summed E-state index contributed by atoms with van der Waals surface area (Å²) in [7, 11) is 1.91. The zero-order chi connectivity index (χ0) is 13.2. The van der Waals surface area contributed by atoms with Crippen molar-refractivity contribution >= 4 is 11.6 Å². The fraction of sp³-hybridized carbons (Fsp3) is 0.467. The highest BCUT2D eigenvalue weighted by atomic mass is 35.5. The highest BCUT2D eigenvalue weighted by Gasteiger charge is 2.06. The Bertz CT molecular complexity index is 366. The third-order valence-electron chi connectivity index (χ3n) is 2.74. The fourth-order valence-electron chi connectivity index (χ4n) is 1.77. The second-order valence-corrected chi connectivity index (χ2v) is 4.64. The van der Waals surface area contributed by atoms with Gasteiger partial charge in [-0.3, -0.25) is 0 Å². The van der Waals surface area contributed by atoms with Gasteiger partial charge in [0.1, 0.15) is 5.75 Å². The molecule has 0 heterocycles. The Hall–Kier alpha value is -0.990. The molecule has 0 fully saturated rings. The molecule has 0 bridgehead atoms. The standard InChI is InChI=1S/C15H22ClNO/c1-3-4-5-6-7-11-18-15-10-8-9-14(16)13(15)12-17-2/h3,8-10,17H,1,4-7,11-12H2,2H3. The van der Waals surface area contributed by atoms with Crippen LogP contribution in [0.4, 0.5) is 0 Å². The number of allylic oxidation sites excluding steroid dienone is 1. The summed E-state index contributed by atoms with van der Waals surface area (Å²) in [6.07, 6.45) is 6.48. The molecule has 0 unspecified atom stereocenters. The highest BCUT2D eigenvalue weighted by molar-refractivity contribution is 6.31. The van der Waals surface area contributed by atoms with E-state index >= 15 is 0 Å². The van der Waals surface area contributed by atoms with Crippen LogP contribution in [0.2, 0.25) is 5.02 Å². The third kappa shape index (κ3) is 5.11. The van der Waals surface area contributed by atoms with Gasteiger partial charge >= 0.3 is 0 Å². The maximum Gasteiger partial charge on any atom is 0.125 e. The number of benzene rings is 1. The number of hydrogen-bond donors (Lipinski definition) is 1. The molecule has 100 valence electrons. The van der Waals surface area contributed by atoms with E-state index in [1.165, 1.54) is 12.8 Å². The van der Waals surface area contributed by atoms with Gasteiger partial charge in [-0.1, -0.05) is 23.7 Å². The SMILES string of the molecule is C=CCCCCCOc1cccc(Cl)c1CNC. The number of unbranched alkanes of at least 4 members (excludes halogenated alkanes) is 3. The lowest BCUT2D eigenvalue weighted by molar-refractivity contribution is 0.302. The van der Waals surface area contributed by atoms with E-state index in [0.29, 0.717) is 0 Å². The van der Waals surface area contributed by atoms with E-state index in [4.69, 9.17) is 16.3 Å². The van der Waals surface area contributed by atoms with E-state index in [2.05, 4.69) is 11.9 Å². The lowest BCUT2D eigenvalue weighted by atomic mass is 10.2. The highest BCUT2D eigenvalue weighted by Crippen LogP contribution is 2.26. The first kappa shape index (κ1) is 15.1. The summed E-state index contributed by atoms with van der Waals surface area (Å²) in [5, 5.41) is 3.87. The summed E-state index contributed by atoms with van der Waals surface area (Å²) in [5.41, 5.74) is 1.03. The molecule has 0 aliphatic carbocycles. The average Bonchev–Trinajstić information content (AvgIpc) is 2.37. The Kier molecular flexibility index (Phi) is 7.54. The minimum absolute atomic E-state index is 0.728. The summed E-state index contributed by atoms with van der Waals surface area (Å²) in [4.78, 5) is 0. The van der Waals surface area contributed by atoms with Crippen molar-refractivity contribution in [2.75, 3.05) is 13.7 Å². The molecule has 0 aliphatic rings. The Morgan fingerprint density at radius 1 is 1.33 bits per heavy atom. The molecule has 18 heavy (non-hydrogen) atoms. The van der Waals surface area contributed by atoms with E-state index in [1.54, 1.807) is 0 Å². The van der Waals surface area contributed by atoms with Crippen molar-refractivity contribution in [3.8, 4) is 5.75 Å². The van der Waals surface area contributed by atoms with Crippen LogP contribution in [0.15, 0.2) is 30.9 Å². The summed E-state index contributed by atoms with van der Waals surface area (Å²) in [5.74, 6) is 0.889. The van der Waals surface area contributed by atoms with Crippen LogP contribution in [0.1, 0.15) is 31.2 Å². The van der Waals surface area contributed by atoms with Gasteiger partial charge in [0.25, 0.3) is 0 Å². The lowest BCUT2D eigenvalue weighted by Crippen LogP contribution is -2.08. The molecular formula is C15H22ClNO. The van der Waals surface area contributed by atoms with Gasteiger partial charge in [0.05, 0.1) is 6.61 Å². The molecule has 0 saturated heterocycles. The van der Waals surface area contributed by atoms with E-state index in [0.717, 1.165) is 42.3 Å². The number of halogens is 1. The number of hydrogen-bond acceptors (Lipinski definition) is 2. The van der Waals surface area contributed by atoms with E-state index < -0.39 is 0 Å². The van der Waals surface area contributed by atoms with Gasteiger partial charge in [0.15, 0.2) is 0 Å². The number of nitrogens with one attached hydrogen (secondary N) is 1. The van der Waals surface area contributed by atoms with Crippen molar-refractivity contribution in [1.82, 2.24) is 5.32 Å². The molecule has 0 aliphatic heterocycles. The van der Waals surface area contributed by atoms with Crippen LogP contribution < -0.4 is 10.1 Å². The van der Waals surface area contributed by atoms with Gasteiger partial charge in [-0.05, 0) is 44.9 Å². The van der Waals surface area contributed by atoms with Gasteiger partial charge in [-0.2, -0.15) is 0 Å². The smallest absolute Gasteiger partial charge is 0.125 e. The summed E-state index contributed by atoms with van der Waals surface area (Å²) >= 11 is 6.16. The van der Waals surface area contributed by atoms with Crippen LogP contribution in [0.25, 0.3) is 0 Å². The topological polar surface area (TPSA) is 21.3 Å². The lowest BCUT2D eigenvalue weighted by Gasteiger charge is -2.12. The quantitative estimate of drug-likeness (QED) is 0.535. The maximum absolute atomic E-state index is 6.16. The van der Waals surface area contributed by atoms with Gasteiger partial charge < -0.3 is 10.1 Å². The molecule has 1 aromatic carbocycles. The van der Waals surface area contributed by atoms with Crippen molar-refractivity contribution in [3.63, 3.8) is 0 Å². The third-order valence-corrected chi connectivity index (χ3v) is 3.09. The molecule has 0 saturated carbocycles. The van der Waals surface area contributed by atoms with Crippen molar-refractivity contribution < 1.29 is 4.74 Å². The second kappa shape index (κ2) is 9.01. The molecular weight excluding hydrogens is 246 g/mol. The molecule has 0 amide bonds. The first-order chi connectivity index (χ1) is 8.79. The predicted octanol–water partition coefficient (Wildman–Crippen LogP) is 4.18. The Morgan fingerprint density at radius 2 is 2.17 bits per heavy atom.